The minimum Gasteiger partial charge on any atom is -0.478 e. The average Bonchev–Trinajstić information content (AvgIpc) is 2.29. The van der Waals surface area contributed by atoms with Crippen LogP contribution in [0.1, 0.15) is 5.56 Å². The minimum atomic E-state index is -1.17. The summed E-state index contributed by atoms with van der Waals surface area (Å²) in [5, 5.41) is 10.8. The standard InChI is InChI=1S/C12H12FNO3/c13-10-3-1-9(2-4-10)7-8-14-11(15)5-6-12(16)17/h1-6H,7-8H2,(H,14,15)(H,16,17)/b6-5+. The van der Waals surface area contributed by atoms with Gasteiger partial charge in [-0.2, -0.15) is 0 Å². The summed E-state index contributed by atoms with van der Waals surface area (Å²) < 4.78 is 12.6. The van der Waals surface area contributed by atoms with Crippen LogP contribution in [0.15, 0.2) is 36.4 Å². The molecule has 0 atom stereocenters. The smallest absolute Gasteiger partial charge is 0.328 e. The maximum atomic E-state index is 12.6. The first-order valence-electron chi connectivity index (χ1n) is 5.01. The number of carbonyl (C=O) groups excluding carboxylic acids is 1. The largest absolute Gasteiger partial charge is 0.478 e. The molecular weight excluding hydrogens is 225 g/mol. The Kier molecular flexibility index (Phi) is 4.87. The van der Waals surface area contributed by atoms with Crippen LogP contribution < -0.4 is 5.32 Å². The van der Waals surface area contributed by atoms with Crippen molar-refractivity contribution >= 4 is 11.9 Å². The highest BCUT2D eigenvalue weighted by atomic mass is 19.1. The van der Waals surface area contributed by atoms with Crippen LogP contribution in [-0.2, 0) is 16.0 Å². The summed E-state index contributed by atoms with van der Waals surface area (Å²) in [6, 6.07) is 5.96. The van der Waals surface area contributed by atoms with E-state index >= 15 is 0 Å². The number of hydrogen-bond acceptors (Lipinski definition) is 2. The number of hydrogen-bond donors (Lipinski definition) is 2. The van der Waals surface area contributed by atoms with Crippen LogP contribution >= 0.6 is 0 Å². The predicted octanol–water partition coefficient (Wildman–Crippen LogP) is 1.13. The third-order valence-corrected chi connectivity index (χ3v) is 2.00. The number of nitrogens with one attached hydrogen (secondary N) is 1. The van der Waals surface area contributed by atoms with Gasteiger partial charge in [-0.15, -0.1) is 0 Å². The van der Waals surface area contributed by atoms with Gasteiger partial charge in [0.05, 0.1) is 0 Å². The van der Waals surface area contributed by atoms with Crippen molar-refractivity contribution < 1.29 is 19.1 Å². The Morgan fingerprint density at radius 3 is 2.47 bits per heavy atom. The van der Waals surface area contributed by atoms with E-state index in [-0.39, 0.29) is 5.82 Å². The fourth-order valence-electron chi connectivity index (χ4n) is 1.19. The van der Waals surface area contributed by atoms with Crippen molar-refractivity contribution in [2.45, 2.75) is 6.42 Å². The van der Waals surface area contributed by atoms with Gasteiger partial charge in [0.1, 0.15) is 5.82 Å². The lowest BCUT2D eigenvalue weighted by Crippen LogP contribution is -2.23. The van der Waals surface area contributed by atoms with Gasteiger partial charge >= 0.3 is 5.97 Å². The Bertz CT molecular complexity index is 426. The van der Waals surface area contributed by atoms with Crippen LogP contribution in [0.2, 0.25) is 0 Å². The van der Waals surface area contributed by atoms with Crippen LogP contribution in [0.5, 0.6) is 0 Å². The Hall–Kier alpha value is -2.17. The Balaban J connectivity index is 2.30. The van der Waals surface area contributed by atoms with Crippen LogP contribution in [-0.4, -0.2) is 23.5 Å². The third-order valence-electron chi connectivity index (χ3n) is 2.00. The first-order chi connectivity index (χ1) is 8.08. The average molecular weight is 237 g/mol. The van der Waals surface area contributed by atoms with Crippen LogP contribution in [0, 0.1) is 5.82 Å². The molecule has 0 saturated carbocycles. The van der Waals surface area contributed by atoms with Crippen molar-refractivity contribution in [1.29, 1.82) is 0 Å². The monoisotopic (exact) mass is 237 g/mol. The molecule has 5 heteroatoms. The van der Waals surface area contributed by atoms with E-state index in [1.165, 1.54) is 12.1 Å². The van der Waals surface area contributed by atoms with E-state index in [0.29, 0.717) is 13.0 Å². The lowest BCUT2D eigenvalue weighted by molar-refractivity contribution is -0.131. The van der Waals surface area contributed by atoms with E-state index < -0.39 is 11.9 Å². The summed E-state index contributed by atoms with van der Waals surface area (Å²) in [6.45, 7) is 0.369. The first kappa shape index (κ1) is 12.9. The molecule has 0 aliphatic rings. The molecule has 0 fully saturated rings. The zero-order chi connectivity index (χ0) is 12.7. The zero-order valence-corrected chi connectivity index (χ0v) is 9.02. The molecule has 17 heavy (non-hydrogen) atoms. The lowest BCUT2D eigenvalue weighted by Gasteiger charge is -2.02. The summed E-state index contributed by atoms with van der Waals surface area (Å²) in [7, 11) is 0. The van der Waals surface area contributed by atoms with Crippen molar-refractivity contribution in [2.24, 2.45) is 0 Å². The van der Waals surface area contributed by atoms with Gasteiger partial charge in [-0.05, 0) is 24.1 Å². The van der Waals surface area contributed by atoms with E-state index in [1.54, 1.807) is 12.1 Å². The van der Waals surface area contributed by atoms with Crippen molar-refractivity contribution in [3.8, 4) is 0 Å². The van der Waals surface area contributed by atoms with Gasteiger partial charge in [-0.3, -0.25) is 4.79 Å². The van der Waals surface area contributed by atoms with Gasteiger partial charge in [0.15, 0.2) is 0 Å². The maximum Gasteiger partial charge on any atom is 0.328 e. The number of halogens is 1. The van der Waals surface area contributed by atoms with E-state index in [1.807, 2.05) is 0 Å². The molecule has 0 aliphatic heterocycles. The molecule has 0 aliphatic carbocycles. The van der Waals surface area contributed by atoms with Crippen molar-refractivity contribution in [2.75, 3.05) is 6.54 Å². The molecule has 0 saturated heterocycles. The molecule has 1 rings (SSSR count). The molecule has 0 unspecified atom stereocenters. The van der Waals surface area contributed by atoms with E-state index in [2.05, 4.69) is 5.32 Å². The molecule has 90 valence electrons. The number of aliphatic carboxylic acids is 1. The van der Waals surface area contributed by atoms with Crippen LogP contribution in [0.4, 0.5) is 4.39 Å². The summed E-state index contributed by atoms with van der Waals surface area (Å²) >= 11 is 0. The molecule has 1 aromatic carbocycles. The van der Waals surface area contributed by atoms with Crippen molar-refractivity contribution in [3.63, 3.8) is 0 Å². The second kappa shape index (κ2) is 6.42. The Morgan fingerprint density at radius 2 is 1.88 bits per heavy atom. The molecule has 1 aromatic rings. The second-order valence-corrected chi connectivity index (χ2v) is 3.34. The van der Waals surface area contributed by atoms with E-state index in [9.17, 15) is 14.0 Å². The fraction of sp³-hybridized carbons (Fsp3) is 0.167. The van der Waals surface area contributed by atoms with Crippen LogP contribution in [0.3, 0.4) is 0 Å². The van der Waals surface area contributed by atoms with Crippen LogP contribution in [0.25, 0.3) is 0 Å². The number of amides is 1. The summed E-state index contributed by atoms with van der Waals surface area (Å²) in [6.07, 6.45) is 2.28. The fourth-order valence-corrected chi connectivity index (χ4v) is 1.19. The number of benzene rings is 1. The molecule has 0 aromatic heterocycles. The quantitative estimate of drug-likeness (QED) is 0.754. The number of carbonyl (C=O) groups is 2. The minimum absolute atomic E-state index is 0.304. The predicted molar refractivity (Wildman–Crippen MR) is 59.9 cm³/mol. The zero-order valence-electron chi connectivity index (χ0n) is 9.02. The van der Waals surface area contributed by atoms with Crippen molar-refractivity contribution in [3.05, 3.63) is 47.8 Å². The highest BCUT2D eigenvalue weighted by Gasteiger charge is 1.97. The molecule has 2 N–H and O–H groups in total. The highest BCUT2D eigenvalue weighted by Crippen LogP contribution is 2.02. The number of carboxylic acids is 1. The third kappa shape index (κ3) is 5.46. The molecule has 0 bridgehead atoms. The molecular formula is C12H12FNO3. The number of carboxylic acid groups (broad SMARTS) is 1. The summed E-state index contributed by atoms with van der Waals surface area (Å²) in [5.41, 5.74) is 0.897. The first-order valence-corrected chi connectivity index (χ1v) is 5.01. The van der Waals surface area contributed by atoms with E-state index in [4.69, 9.17) is 5.11 Å². The highest BCUT2D eigenvalue weighted by molar-refractivity contribution is 5.93. The van der Waals surface area contributed by atoms with Gasteiger partial charge in [0.2, 0.25) is 5.91 Å². The summed E-state index contributed by atoms with van der Waals surface area (Å²) in [4.78, 5) is 21.2. The van der Waals surface area contributed by atoms with Gasteiger partial charge in [-0.1, -0.05) is 12.1 Å². The van der Waals surface area contributed by atoms with Gasteiger partial charge in [-0.25, -0.2) is 9.18 Å². The normalized spacial score (nSPS) is 10.4. The molecule has 1 amide bonds. The molecule has 0 spiro atoms. The molecule has 0 radical (unpaired) electrons. The Labute approximate surface area is 97.8 Å². The summed E-state index contributed by atoms with van der Waals surface area (Å²) in [5.74, 6) is -1.93. The van der Waals surface area contributed by atoms with Crippen molar-refractivity contribution in [1.82, 2.24) is 5.32 Å². The Morgan fingerprint density at radius 1 is 1.24 bits per heavy atom. The second-order valence-electron chi connectivity index (χ2n) is 3.34. The SMILES string of the molecule is O=C(O)/C=C/C(=O)NCCc1ccc(F)cc1. The topological polar surface area (TPSA) is 66.4 Å². The van der Waals surface area contributed by atoms with E-state index in [0.717, 1.165) is 17.7 Å². The van der Waals surface area contributed by atoms with Gasteiger partial charge < -0.3 is 10.4 Å². The lowest BCUT2D eigenvalue weighted by atomic mass is 10.1. The number of rotatable bonds is 5. The maximum absolute atomic E-state index is 12.6. The van der Waals surface area contributed by atoms with Gasteiger partial charge in [0.25, 0.3) is 0 Å². The van der Waals surface area contributed by atoms with Gasteiger partial charge in [0, 0.05) is 18.7 Å². The molecule has 4 nitrogen and oxygen atoms in total. The molecule has 0 heterocycles.